The SMILES string of the molecule is C#Cc1c(-c2ccccc2)c[c]c(-c2ccccc2)c1-c1ccccc1. The molecule has 0 saturated carbocycles. The predicted octanol–water partition coefficient (Wildman–Crippen LogP) is 6.47. The first-order valence-electron chi connectivity index (χ1n) is 8.60. The Balaban J connectivity index is 2.05. The molecule has 0 nitrogen and oxygen atoms in total. The molecule has 0 unspecified atom stereocenters. The van der Waals surface area contributed by atoms with Crippen LogP contribution in [0, 0.1) is 18.4 Å². The van der Waals surface area contributed by atoms with Crippen molar-refractivity contribution in [2.24, 2.45) is 0 Å². The first kappa shape index (κ1) is 15.9. The molecule has 0 heterocycles. The Hall–Kier alpha value is -3.56. The molecule has 4 rings (SSSR count). The van der Waals surface area contributed by atoms with Crippen molar-refractivity contribution in [3.63, 3.8) is 0 Å². The fourth-order valence-corrected chi connectivity index (χ4v) is 3.27. The van der Waals surface area contributed by atoms with Crippen molar-refractivity contribution >= 4 is 0 Å². The lowest BCUT2D eigenvalue weighted by molar-refractivity contribution is 1.53. The van der Waals surface area contributed by atoms with Crippen LogP contribution >= 0.6 is 0 Å². The van der Waals surface area contributed by atoms with Crippen LogP contribution in [0.1, 0.15) is 5.56 Å². The Morgan fingerprint density at radius 1 is 0.615 bits per heavy atom. The first-order valence-corrected chi connectivity index (χ1v) is 8.60. The van der Waals surface area contributed by atoms with Gasteiger partial charge in [-0.15, -0.1) is 6.42 Å². The van der Waals surface area contributed by atoms with Gasteiger partial charge in [0.2, 0.25) is 0 Å². The molecule has 0 aliphatic carbocycles. The molecule has 0 spiro atoms. The third-order valence-electron chi connectivity index (χ3n) is 4.48. The maximum Gasteiger partial charge on any atom is 0.0406 e. The van der Waals surface area contributed by atoms with Crippen molar-refractivity contribution in [2.75, 3.05) is 0 Å². The zero-order chi connectivity index (χ0) is 17.8. The summed E-state index contributed by atoms with van der Waals surface area (Å²) in [6.07, 6.45) is 6.01. The second-order valence-corrected chi connectivity index (χ2v) is 6.07. The minimum atomic E-state index is 0.903. The van der Waals surface area contributed by atoms with Gasteiger partial charge in [0, 0.05) is 11.1 Å². The van der Waals surface area contributed by atoms with E-state index in [4.69, 9.17) is 6.42 Å². The Morgan fingerprint density at radius 2 is 1.12 bits per heavy atom. The number of terminal acetylenes is 1. The summed E-state index contributed by atoms with van der Waals surface area (Å²) in [5.41, 5.74) is 7.35. The maximum atomic E-state index is 6.01. The Labute approximate surface area is 154 Å². The van der Waals surface area contributed by atoms with Crippen molar-refractivity contribution < 1.29 is 0 Å². The Morgan fingerprint density at radius 3 is 1.65 bits per heavy atom. The van der Waals surface area contributed by atoms with Crippen molar-refractivity contribution in [3.05, 3.63) is 109 Å². The third-order valence-corrected chi connectivity index (χ3v) is 4.48. The van der Waals surface area contributed by atoms with Crippen LogP contribution in [0.4, 0.5) is 0 Å². The molecule has 1 radical (unpaired) electrons. The summed E-state index contributed by atoms with van der Waals surface area (Å²) in [6.45, 7) is 0. The number of hydrogen-bond acceptors (Lipinski definition) is 0. The Bertz CT molecular complexity index is 1050. The number of hydrogen-bond donors (Lipinski definition) is 0. The quantitative estimate of drug-likeness (QED) is 0.378. The Kier molecular flexibility index (Phi) is 4.37. The van der Waals surface area contributed by atoms with Crippen molar-refractivity contribution in [1.29, 1.82) is 0 Å². The molecule has 0 bridgehead atoms. The monoisotopic (exact) mass is 329 g/mol. The molecule has 0 aliphatic heterocycles. The number of benzene rings is 4. The van der Waals surface area contributed by atoms with Crippen LogP contribution in [0.2, 0.25) is 0 Å². The largest absolute Gasteiger partial charge is 0.115 e. The van der Waals surface area contributed by atoms with Crippen LogP contribution in [0.25, 0.3) is 33.4 Å². The lowest BCUT2D eigenvalue weighted by Crippen LogP contribution is -1.94. The molecule has 0 fully saturated rings. The maximum absolute atomic E-state index is 6.01. The van der Waals surface area contributed by atoms with Crippen LogP contribution < -0.4 is 0 Å². The standard InChI is InChI=1S/C26H17/c1-2-23-24(20-12-6-3-7-13-20)18-19-25(21-14-8-4-9-15-21)26(23)22-16-10-5-11-17-22/h1,3-18H. The van der Waals surface area contributed by atoms with E-state index in [1.165, 1.54) is 0 Å². The highest BCUT2D eigenvalue weighted by Crippen LogP contribution is 2.39. The molecule has 4 aromatic rings. The fourth-order valence-electron chi connectivity index (χ4n) is 3.27. The van der Waals surface area contributed by atoms with Crippen molar-refractivity contribution in [1.82, 2.24) is 0 Å². The third kappa shape index (κ3) is 2.92. The highest BCUT2D eigenvalue weighted by molar-refractivity contribution is 5.92. The highest BCUT2D eigenvalue weighted by Gasteiger charge is 2.16. The lowest BCUT2D eigenvalue weighted by Gasteiger charge is -2.16. The van der Waals surface area contributed by atoms with Gasteiger partial charge in [-0.05, 0) is 39.9 Å². The van der Waals surface area contributed by atoms with E-state index in [0.29, 0.717) is 0 Å². The highest BCUT2D eigenvalue weighted by atomic mass is 14.2. The van der Waals surface area contributed by atoms with E-state index < -0.39 is 0 Å². The smallest absolute Gasteiger partial charge is 0.0406 e. The van der Waals surface area contributed by atoms with E-state index in [1.54, 1.807) is 0 Å². The minimum Gasteiger partial charge on any atom is -0.115 e. The lowest BCUT2D eigenvalue weighted by atomic mass is 9.86. The zero-order valence-corrected chi connectivity index (χ0v) is 14.3. The average molecular weight is 329 g/mol. The normalized spacial score (nSPS) is 10.3. The molecule has 0 atom stereocenters. The topological polar surface area (TPSA) is 0 Å². The van der Waals surface area contributed by atoms with E-state index in [-0.39, 0.29) is 0 Å². The molecule has 121 valence electrons. The zero-order valence-electron chi connectivity index (χ0n) is 14.3. The van der Waals surface area contributed by atoms with Gasteiger partial charge >= 0.3 is 0 Å². The van der Waals surface area contributed by atoms with Gasteiger partial charge in [0.25, 0.3) is 0 Å². The van der Waals surface area contributed by atoms with Gasteiger partial charge < -0.3 is 0 Å². The molecule has 0 aliphatic rings. The van der Waals surface area contributed by atoms with Crippen LogP contribution in [0.15, 0.2) is 97.1 Å². The molecule has 4 aromatic carbocycles. The van der Waals surface area contributed by atoms with Gasteiger partial charge in [-0.2, -0.15) is 0 Å². The van der Waals surface area contributed by atoms with E-state index in [0.717, 1.165) is 38.9 Å². The van der Waals surface area contributed by atoms with Crippen LogP contribution in [0.3, 0.4) is 0 Å². The predicted molar refractivity (Wildman–Crippen MR) is 110 cm³/mol. The van der Waals surface area contributed by atoms with Gasteiger partial charge in [-0.3, -0.25) is 0 Å². The molecule has 26 heavy (non-hydrogen) atoms. The van der Waals surface area contributed by atoms with Gasteiger partial charge in [-0.1, -0.05) is 96.9 Å². The van der Waals surface area contributed by atoms with E-state index in [9.17, 15) is 0 Å². The second-order valence-electron chi connectivity index (χ2n) is 6.07. The first-order chi connectivity index (χ1) is 12.9. The van der Waals surface area contributed by atoms with Crippen LogP contribution in [0.5, 0.6) is 0 Å². The van der Waals surface area contributed by atoms with Crippen LogP contribution in [-0.4, -0.2) is 0 Å². The summed E-state index contributed by atoms with van der Waals surface area (Å²) in [5.74, 6) is 2.95. The van der Waals surface area contributed by atoms with Crippen LogP contribution in [-0.2, 0) is 0 Å². The minimum absolute atomic E-state index is 0.903. The van der Waals surface area contributed by atoms with Gasteiger partial charge in [0.05, 0.1) is 0 Å². The molecular weight excluding hydrogens is 312 g/mol. The van der Waals surface area contributed by atoms with E-state index >= 15 is 0 Å². The van der Waals surface area contributed by atoms with Gasteiger partial charge in [0.15, 0.2) is 0 Å². The summed E-state index contributed by atoms with van der Waals surface area (Å²) >= 11 is 0. The van der Waals surface area contributed by atoms with E-state index in [1.807, 2.05) is 60.7 Å². The van der Waals surface area contributed by atoms with E-state index in [2.05, 4.69) is 48.4 Å². The molecular formula is C26H17. The second kappa shape index (κ2) is 7.13. The summed E-state index contributed by atoms with van der Waals surface area (Å²) < 4.78 is 0. The summed E-state index contributed by atoms with van der Waals surface area (Å²) in [7, 11) is 0. The van der Waals surface area contributed by atoms with Crippen molar-refractivity contribution in [2.45, 2.75) is 0 Å². The summed E-state index contributed by atoms with van der Waals surface area (Å²) in [6, 6.07) is 36.4. The molecule has 0 N–H and O–H groups in total. The number of rotatable bonds is 3. The van der Waals surface area contributed by atoms with Gasteiger partial charge in [0.1, 0.15) is 0 Å². The van der Waals surface area contributed by atoms with Crippen molar-refractivity contribution in [3.8, 4) is 45.7 Å². The molecule has 0 saturated heterocycles. The van der Waals surface area contributed by atoms with Gasteiger partial charge in [-0.25, -0.2) is 0 Å². The molecule has 0 aromatic heterocycles. The molecule has 0 amide bonds. The fraction of sp³-hybridized carbons (Fsp3) is 0. The summed E-state index contributed by atoms with van der Waals surface area (Å²) in [4.78, 5) is 0. The average Bonchev–Trinajstić information content (AvgIpc) is 2.74. The summed E-state index contributed by atoms with van der Waals surface area (Å²) in [5, 5.41) is 0. The molecule has 0 heteroatoms.